The fourth-order valence-corrected chi connectivity index (χ4v) is 5.95. The average molecular weight is 581 g/mol. The Balaban J connectivity index is 1.34. The maximum atomic E-state index is 14.5. The van der Waals surface area contributed by atoms with Gasteiger partial charge in [-0.3, -0.25) is 14.9 Å². The van der Waals surface area contributed by atoms with Crippen LogP contribution in [0.3, 0.4) is 0 Å². The van der Waals surface area contributed by atoms with E-state index in [0.717, 1.165) is 16.6 Å². The number of halogens is 2. The molecule has 2 heterocycles. The minimum atomic E-state index is -0.547. The molecule has 43 heavy (non-hydrogen) atoms. The number of nitrogens with zero attached hydrogens (tertiary/aromatic N) is 4. The second kappa shape index (κ2) is 12.1. The van der Waals surface area contributed by atoms with Crippen LogP contribution >= 0.6 is 0 Å². The van der Waals surface area contributed by atoms with Gasteiger partial charge in [0.05, 0.1) is 10.6 Å². The van der Waals surface area contributed by atoms with Gasteiger partial charge in [0.25, 0.3) is 5.69 Å². The summed E-state index contributed by atoms with van der Waals surface area (Å²) >= 11 is 0. The molecule has 0 spiro atoms. The van der Waals surface area contributed by atoms with Gasteiger partial charge in [0, 0.05) is 74.3 Å². The van der Waals surface area contributed by atoms with Gasteiger partial charge in [-0.25, -0.2) is 8.78 Å². The maximum Gasteiger partial charge on any atom is 0.270 e. The second-order valence-electron chi connectivity index (χ2n) is 10.8. The molecule has 0 unspecified atom stereocenters. The van der Waals surface area contributed by atoms with E-state index < -0.39 is 16.7 Å². The van der Waals surface area contributed by atoms with E-state index >= 15 is 0 Å². The second-order valence-corrected chi connectivity index (χ2v) is 10.8. The van der Waals surface area contributed by atoms with Gasteiger partial charge < -0.3 is 14.4 Å². The average Bonchev–Trinajstić information content (AvgIpc) is 3.37. The molecule has 5 aromatic rings. The minimum absolute atomic E-state index is 0.0519. The number of fused-ring (bicyclic) bond motifs is 1. The molecule has 1 aliphatic rings. The van der Waals surface area contributed by atoms with Crippen molar-refractivity contribution in [3.63, 3.8) is 0 Å². The van der Waals surface area contributed by atoms with E-state index in [-0.39, 0.29) is 23.8 Å². The number of carbonyl (C=O) groups is 1. The summed E-state index contributed by atoms with van der Waals surface area (Å²) in [7, 11) is 0. The van der Waals surface area contributed by atoms with Gasteiger partial charge in [0.2, 0.25) is 5.91 Å². The number of para-hydroxylation sites is 1. The van der Waals surface area contributed by atoms with Crippen LogP contribution in [0.4, 0.5) is 20.2 Å². The SMILES string of the molecule is O=C(C[C@H](c1cccc(F)c1)c1cn(Cc2ccccc2)c2ccc([N+](=O)[O-])cc12)N1CCN(c2ccccc2F)CC1. The Hall–Kier alpha value is -5.05. The highest BCUT2D eigenvalue weighted by Gasteiger charge is 2.29. The highest BCUT2D eigenvalue weighted by atomic mass is 19.1. The van der Waals surface area contributed by atoms with Crippen LogP contribution in [0.2, 0.25) is 0 Å². The first-order valence-corrected chi connectivity index (χ1v) is 14.2. The highest BCUT2D eigenvalue weighted by Crippen LogP contribution is 2.37. The number of nitro benzene ring substituents is 1. The molecule has 6 rings (SSSR count). The molecular weight excluding hydrogens is 550 g/mol. The Labute approximate surface area is 247 Å². The van der Waals surface area contributed by atoms with Crippen molar-refractivity contribution in [2.24, 2.45) is 0 Å². The number of anilines is 1. The zero-order chi connectivity index (χ0) is 29.9. The largest absolute Gasteiger partial charge is 0.366 e. The fourth-order valence-electron chi connectivity index (χ4n) is 5.95. The number of non-ortho nitro benzene ring substituents is 1. The summed E-state index contributed by atoms with van der Waals surface area (Å²) in [5.74, 6) is -1.38. The molecule has 0 N–H and O–H groups in total. The van der Waals surface area contributed by atoms with Crippen molar-refractivity contribution in [3.05, 3.63) is 142 Å². The summed E-state index contributed by atoms with van der Waals surface area (Å²) in [6.45, 7) is 2.34. The summed E-state index contributed by atoms with van der Waals surface area (Å²) in [4.78, 5) is 28.8. The molecule has 4 aromatic carbocycles. The van der Waals surface area contributed by atoms with Crippen LogP contribution in [-0.2, 0) is 11.3 Å². The van der Waals surface area contributed by atoms with Crippen LogP contribution < -0.4 is 4.90 Å². The topological polar surface area (TPSA) is 71.6 Å². The van der Waals surface area contributed by atoms with Crippen molar-refractivity contribution in [2.45, 2.75) is 18.9 Å². The number of aromatic nitrogens is 1. The van der Waals surface area contributed by atoms with E-state index in [9.17, 15) is 23.7 Å². The van der Waals surface area contributed by atoms with Crippen LogP contribution in [0.5, 0.6) is 0 Å². The molecule has 1 saturated heterocycles. The van der Waals surface area contributed by atoms with Crippen molar-refractivity contribution < 1.29 is 18.5 Å². The lowest BCUT2D eigenvalue weighted by molar-refractivity contribution is -0.384. The monoisotopic (exact) mass is 580 g/mol. The first kappa shape index (κ1) is 28.1. The third-order valence-corrected chi connectivity index (χ3v) is 8.13. The maximum absolute atomic E-state index is 14.5. The number of piperazine rings is 1. The summed E-state index contributed by atoms with van der Waals surface area (Å²) in [5, 5.41) is 12.4. The normalized spacial score (nSPS) is 14.2. The third-order valence-electron chi connectivity index (χ3n) is 8.13. The first-order chi connectivity index (χ1) is 20.9. The summed E-state index contributed by atoms with van der Waals surface area (Å²) in [5.41, 5.74) is 3.63. The van der Waals surface area contributed by atoms with Gasteiger partial charge in [-0.05, 0) is 47.0 Å². The number of hydrogen-bond donors (Lipinski definition) is 0. The van der Waals surface area contributed by atoms with Crippen LogP contribution in [0, 0.1) is 21.7 Å². The van der Waals surface area contributed by atoms with Gasteiger partial charge in [-0.2, -0.15) is 0 Å². The van der Waals surface area contributed by atoms with E-state index in [1.165, 1.54) is 30.3 Å². The zero-order valence-electron chi connectivity index (χ0n) is 23.4. The van der Waals surface area contributed by atoms with E-state index in [2.05, 4.69) is 0 Å². The molecule has 7 nitrogen and oxygen atoms in total. The minimum Gasteiger partial charge on any atom is -0.366 e. The molecule has 1 amide bonds. The van der Waals surface area contributed by atoms with E-state index in [1.54, 1.807) is 41.3 Å². The molecule has 0 aliphatic carbocycles. The molecule has 0 radical (unpaired) electrons. The lowest BCUT2D eigenvalue weighted by Crippen LogP contribution is -2.49. The number of hydrogen-bond acceptors (Lipinski definition) is 4. The Kier molecular flexibility index (Phi) is 7.87. The van der Waals surface area contributed by atoms with Crippen molar-refractivity contribution in [2.75, 3.05) is 31.1 Å². The summed E-state index contributed by atoms with van der Waals surface area (Å²) < 4.78 is 30.9. The lowest BCUT2D eigenvalue weighted by atomic mass is 9.87. The first-order valence-electron chi connectivity index (χ1n) is 14.2. The Morgan fingerprint density at radius 2 is 1.60 bits per heavy atom. The van der Waals surface area contributed by atoms with Crippen molar-refractivity contribution in [1.82, 2.24) is 9.47 Å². The third kappa shape index (κ3) is 5.97. The molecule has 1 fully saturated rings. The Morgan fingerprint density at radius 3 is 2.33 bits per heavy atom. The summed E-state index contributed by atoms with van der Waals surface area (Å²) in [6.07, 6.45) is 1.98. The molecule has 218 valence electrons. The van der Waals surface area contributed by atoms with Gasteiger partial charge >= 0.3 is 0 Å². The van der Waals surface area contributed by atoms with E-state index in [4.69, 9.17) is 0 Å². The molecular formula is C34H30F2N4O3. The van der Waals surface area contributed by atoms with E-state index in [0.29, 0.717) is 49.4 Å². The Bertz CT molecular complexity index is 1780. The standard InChI is InChI=1S/C34H30F2N4O3/c35-26-10-6-9-25(19-26)28(21-34(41)38-17-15-37(16-18-38)33-12-5-4-11-31(33)36)30-23-39(22-24-7-2-1-3-8-24)32-14-13-27(40(42)43)20-29(30)32/h1-14,19-20,23,28H,15-18,21-22H2/t28-/m1/s1. The van der Waals surface area contributed by atoms with Crippen LogP contribution in [0.1, 0.15) is 29.0 Å². The molecule has 1 aromatic heterocycles. The number of amides is 1. The molecule has 0 bridgehead atoms. The predicted molar refractivity (Wildman–Crippen MR) is 162 cm³/mol. The number of benzene rings is 4. The zero-order valence-corrected chi connectivity index (χ0v) is 23.4. The van der Waals surface area contributed by atoms with Crippen molar-refractivity contribution in [3.8, 4) is 0 Å². The van der Waals surface area contributed by atoms with Crippen LogP contribution in [-0.4, -0.2) is 46.5 Å². The number of nitro groups is 1. The number of rotatable bonds is 8. The fraction of sp³-hybridized carbons (Fsp3) is 0.206. The quantitative estimate of drug-likeness (QED) is 0.150. The lowest BCUT2D eigenvalue weighted by Gasteiger charge is -2.36. The Morgan fingerprint density at radius 1 is 0.860 bits per heavy atom. The van der Waals surface area contributed by atoms with Gasteiger partial charge in [0.1, 0.15) is 11.6 Å². The van der Waals surface area contributed by atoms with Crippen molar-refractivity contribution >= 4 is 28.2 Å². The van der Waals surface area contributed by atoms with Gasteiger partial charge in [-0.15, -0.1) is 0 Å². The predicted octanol–water partition coefficient (Wildman–Crippen LogP) is 6.75. The van der Waals surface area contributed by atoms with Crippen molar-refractivity contribution in [1.29, 1.82) is 0 Å². The molecule has 0 saturated carbocycles. The van der Waals surface area contributed by atoms with Gasteiger partial charge in [-0.1, -0.05) is 54.6 Å². The number of carbonyl (C=O) groups excluding carboxylic acids is 1. The molecule has 1 atom stereocenters. The molecule has 1 aliphatic heterocycles. The smallest absolute Gasteiger partial charge is 0.270 e. The highest BCUT2D eigenvalue weighted by molar-refractivity contribution is 5.88. The van der Waals surface area contributed by atoms with Gasteiger partial charge in [0.15, 0.2) is 0 Å². The van der Waals surface area contributed by atoms with E-state index in [1.807, 2.05) is 46.0 Å². The van der Waals surface area contributed by atoms with Crippen LogP contribution in [0.25, 0.3) is 10.9 Å². The summed E-state index contributed by atoms with van der Waals surface area (Å²) in [6, 6.07) is 27.4. The molecule has 9 heteroatoms. The van der Waals surface area contributed by atoms with Crippen LogP contribution in [0.15, 0.2) is 103 Å².